The first-order chi connectivity index (χ1) is 9.06. The summed E-state index contributed by atoms with van der Waals surface area (Å²) in [6.07, 6.45) is 0. The number of aromatic nitrogens is 2. The zero-order valence-corrected chi connectivity index (χ0v) is 11.6. The molecule has 0 atom stereocenters. The lowest BCUT2D eigenvalue weighted by Gasteiger charge is -2.06. The number of fused-ring (bicyclic) bond motifs is 1. The number of imidazole rings is 1. The summed E-state index contributed by atoms with van der Waals surface area (Å²) >= 11 is 11.3. The Morgan fingerprint density at radius 3 is 2.74 bits per heavy atom. The summed E-state index contributed by atoms with van der Waals surface area (Å²) in [5.74, 6) is -0.224. The summed E-state index contributed by atoms with van der Waals surface area (Å²) in [6.45, 7) is 1.73. The average molecular weight is 293 g/mol. The molecule has 0 aliphatic heterocycles. The molecule has 0 saturated carbocycles. The largest absolute Gasteiger partial charge is 0.330 e. The van der Waals surface area contributed by atoms with E-state index in [9.17, 15) is 4.39 Å². The minimum absolute atomic E-state index is 0.224. The number of hydrogen-bond acceptors (Lipinski definition) is 1. The maximum atomic E-state index is 13.3. The van der Waals surface area contributed by atoms with Crippen LogP contribution in [0.1, 0.15) is 5.56 Å². The zero-order valence-electron chi connectivity index (χ0n) is 10.1. The number of aryl methyl sites for hydroxylation is 1. The second kappa shape index (κ2) is 4.47. The number of rotatable bonds is 1. The SMILES string of the molecule is Cc1cc(-n2c(=S)[nH]c3cc(Cl)ccc32)ccc1F. The van der Waals surface area contributed by atoms with Gasteiger partial charge in [0, 0.05) is 10.7 Å². The molecular formula is C14H10ClFN2S. The molecule has 0 fully saturated rings. The van der Waals surface area contributed by atoms with Crippen LogP contribution < -0.4 is 0 Å². The van der Waals surface area contributed by atoms with E-state index in [1.807, 2.05) is 16.7 Å². The molecule has 1 heterocycles. The van der Waals surface area contributed by atoms with Gasteiger partial charge in [-0.2, -0.15) is 0 Å². The Morgan fingerprint density at radius 2 is 2.00 bits per heavy atom. The van der Waals surface area contributed by atoms with E-state index in [1.54, 1.807) is 25.1 Å². The highest BCUT2D eigenvalue weighted by Gasteiger charge is 2.08. The van der Waals surface area contributed by atoms with E-state index < -0.39 is 0 Å². The number of benzene rings is 2. The molecule has 0 unspecified atom stereocenters. The fraction of sp³-hybridized carbons (Fsp3) is 0.0714. The second-order valence-corrected chi connectivity index (χ2v) is 5.18. The van der Waals surface area contributed by atoms with Crippen molar-refractivity contribution in [1.29, 1.82) is 0 Å². The van der Waals surface area contributed by atoms with Crippen LogP contribution in [0.2, 0.25) is 5.02 Å². The molecule has 0 saturated heterocycles. The van der Waals surface area contributed by atoms with Gasteiger partial charge in [0.05, 0.1) is 11.0 Å². The summed E-state index contributed by atoms with van der Waals surface area (Å²) in [7, 11) is 0. The number of halogens is 2. The van der Waals surface area contributed by atoms with E-state index in [2.05, 4.69) is 4.98 Å². The lowest BCUT2D eigenvalue weighted by molar-refractivity contribution is 0.618. The predicted octanol–water partition coefficient (Wildman–Crippen LogP) is 4.79. The summed E-state index contributed by atoms with van der Waals surface area (Å²) in [4.78, 5) is 3.10. The van der Waals surface area contributed by atoms with Crippen LogP contribution in [0.5, 0.6) is 0 Å². The molecule has 96 valence electrons. The van der Waals surface area contributed by atoms with Gasteiger partial charge in [0.2, 0.25) is 0 Å². The maximum absolute atomic E-state index is 13.3. The van der Waals surface area contributed by atoms with Crippen molar-refractivity contribution in [3.63, 3.8) is 0 Å². The van der Waals surface area contributed by atoms with Gasteiger partial charge in [-0.25, -0.2) is 4.39 Å². The lowest BCUT2D eigenvalue weighted by Crippen LogP contribution is -1.95. The minimum atomic E-state index is -0.224. The van der Waals surface area contributed by atoms with Crippen molar-refractivity contribution >= 4 is 34.9 Å². The minimum Gasteiger partial charge on any atom is -0.330 e. The molecule has 19 heavy (non-hydrogen) atoms. The second-order valence-electron chi connectivity index (χ2n) is 4.36. The van der Waals surface area contributed by atoms with Crippen LogP contribution in [0.25, 0.3) is 16.7 Å². The van der Waals surface area contributed by atoms with E-state index in [-0.39, 0.29) is 5.82 Å². The highest BCUT2D eigenvalue weighted by molar-refractivity contribution is 7.71. The average Bonchev–Trinajstić information content (AvgIpc) is 2.68. The van der Waals surface area contributed by atoms with Crippen molar-refractivity contribution in [1.82, 2.24) is 9.55 Å². The van der Waals surface area contributed by atoms with Crippen LogP contribution in [0, 0.1) is 17.5 Å². The van der Waals surface area contributed by atoms with E-state index >= 15 is 0 Å². The van der Waals surface area contributed by atoms with Crippen LogP contribution in [0.3, 0.4) is 0 Å². The lowest BCUT2D eigenvalue weighted by atomic mass is 10.2. The summed E-state index contributed by atoms with van der Waals surface area (Å²) < 4.78 is 15.8. The summed E-state index contributed by atoms with van der Waals surface area (Å²) in [5.41, 5.74) is 3.19. The molecule has 3 rings (SSSR count). The van der Waals surface area contributed by atoms with Gasteiger partial charge in [-0.15, -0.1) is 0 Å². The Balaban J connectivity index is 2.32. The summed E-state index contributed by atoms with van der Waals surface area (Å²) in [6, 6.07) is 10.4. The molecule has 0 aliphatic carbocycles. The summed E-state index contributed by atoms with van der Waals surface area (Å²) in [5, 5.41) is 0.645. The van der Waals surface area contributed by atoms with Gasteiger partial charge in [0.1, 0.15) is 5.82 Å². The molecule has 2 nitrogen and oxygen atoms in total. The van der Waals surface area contributed by atoms with Crippen molar-refractivity contribution in [2.24, 2.45) is 0 Å². The van der Waals surface area contributed by atoms with Crippen molar-refractivity contribution in [3.05, 3.63) is 57.6 Å². The molecule has 5 heteroatoms. The number of hydrogen-bond donors (Lipinski definition) is 1. The molecule has 0 amide bonds. The smallest absolute Gasteiger partial charge is 0.182 e. The number of nitrogens with one attached hydrogen (secondary N) is 1. The fourth-order valence-electron chi connectivity index (χ4n) is 2.11. The third-order valence-electron chi connectivity index (χ3n) is 3.04. The molecular weight excluding hydrogens is 283 g/mol. The zero-order chi connectivity index (χ0) is 13.6. The molecule has 0 spiro atoms. The normalized spacial score (nSPS) is 11.1. The molecule has 1 aromatic heterocycles. The molecule has 2 aromatic carbocycles. The first-order valence-corrected chi connectivity index (χ1v) is 6.52. The van der Waals surface area contributed by atoms with E-state index in [1.165, 1.54) is 6.07 Å². The predicted molar refractivity (Wildman–Crippen MR) is 78.2 cm³/mol. The first kappa shape index (κ1) is 12.4. The topological polar surface area (TPSA) is 20.7 Å². The van der Waals surface area contributed by atoms with Crippen LogP contribution in [-0.4, -0.2) is 9.55 Å². The van der Waals surface area contributed by atoms with Crippen LogP contribution in [0.15, 0.2) is 36.4 Å². The van der Waals surface area contributed by atoms with Crippen LogP contribution in [0.4, 0.5) is 4.39 Å². The van der Waals surface area contributed by atoms with Crippen LogP contribution in [-0.2, 0) is 0 Å². The molecule has 0 bridgehead atoms. The van der Waals surface area contributed by atoms with E-state index in [0.29, 0.717) is 15.4 Å². The van der Waals surface area contributed by atoms with Gasteiger partial charge < -0.3 is 4.98 Å². The van der Waals surface area contributed by atoms with Crippen molar-refractivity contribution in [2.45, 2.75) is 6.92 Å². The number of aromatic amines is 1. The quantitative estimate of drug-likeness (QED) is 0.640. The Morgan fingerprint density at radius 1 is 1.21 bits per heavy atom. The molecule has 0 aliphatic rings. The highest BCUT2D eigenvalue weighted by atomic mass is 35.5. The Labute approximate surface area is 119 Å². The van der Waals surface area contributed by atoms with Gasteiger partial charge in [-0.3, -0.25) is 4.57 Å². The van der Waals surface area contributed by atoms with Crippen molar-refractivity contribution < 1.29 is 4.39 Å². The highest BCUT2D eigenvalue weighted by Crippen LogP contribution is 2.23. The molecule has 3 aromatic rings. The van der Waals surface area contributed by atoms with E-state index in [4.69, 9.17) is 23.8 Å². The van der Waals surface area contributed by atoms with Gasteiger partial charge in [-0.1, -0.05) is 11.6 Å². The van der Waals surface area contributed by atoms with Crippen molar-refractivity contribution in [2.75, 3.05) is 0 Å². The van der Waals surface area contributed by atoms with E-state index in [0.717, 1.165) is 16.7 Å². The van der Waals surface area contributed by atoms with Gasteiger partial charge in [-0.05, 0) is 61.1 Å². The van der Waals surface area contributed by atoms with Crippen LogP contribution >= 0.6 is 23.8 Å². The Bertz CT molecular complexity index is 835. The molecule has 0 radical (unpaired) electrons. The molecule has 1 N–H and O–H groups in total. The monoisotopic (exact) mass is 292 g/mol. The third-order valence-corrected chi connectivity index (χ3v) is 3.56. The first-order valence-electron chi connectivity index (χ1n) is 5.73. The Kier molecular flexibility index (Phi) is 2.92. The standard InChI is InChI=1S/C14H10ClFN2S/c1-8-6-10(3-4-11(8)16)18-13-5-2-9(15)7-12(13)17-14(18)19/h2-7H,1H3,(H,17,19). The van der Waals surface area contributed by atoms with Gasteiger partial charge in [0.25, 0.3) is 0 Å². The van der Waals surface area contributed by atoms with Crippen molar-refractivity contribution in [3.8, 4) is 5.69 Å². The maximum Gasteiger partial charge on any atom is 0.182 e. The van der Waals surface area contributed by atoms with Gasteiger partial charge >= 0.3 is 0 Å². The third kappa shape index (κ3) is 2.07. The Hall–Kier alpha value is -1.65. The number of nitrogens with zero attached hydrogens (tertiary/aromatic N) is 1. The number of H-pyrrole nitrogens is 1. The fourth-order valence-corrected chi connectivity index (χ4v) is 2.59. The van der Waals surface area contributed by atoms with Gasteiger partial charge in [0.15, 0.2) is 4.77 Å².